The highest BCUT2D eigenvalue weighted by Gasteiger charge is 2.24. The fraction of sp³-hybridized carbons (Fsp3) is 0.476. The Hall–Kier alpha value is -2.51. The van der Waals surface area contributed by atoms with Crippen LogP contribution in [0, 0.1) is 5.92 Å². The van der Waals surface area contributed by atoms with Gasteiger partial charge in [0, 0.05) is 44.8 Å². The molecular weight excluding hydrogens is 352 g/mol. The van der Waals surface area contributed by atoms with Gasteiger partial charge in [-0.3, -0.25) is 14.5 Å². The van der Waals surface area contributed by atoms with E-state index in [1.807, 2.05) is 0 Å². The predicted molar refractivity (Wildman–Crippen MR) is 109 cm³/mol. The van der Waals surface area contributed by atoms with Crippen LogP contribution >= 0.6 is 0 Å². The molecule has 0 unspecified atom stereocenters. The Morgan fingerprint density at radius 2 is 1.86 bits per heavy atom. The fourth-order valence-corrected chi connectivity index (χ4v) is 3.83. The first-order valence-corrected chi connectivity index (χ1v) is 10.1. The number of H-pyrrole nitrogens is 1. The number of hydrogen-bond acceptors (Lipinski definition) is 5. The molecule has 5 rings (SSSR count). The highest BCUT2D eigenvalue weighted by atomic mass is 16.1. The van der Waals surface area contributed by atoms with Crippen LogP contribution in [-0.2, 0) is 13.1 Å². The molecule has 3 heterocycles. The van der Waals surface area contributed by atoms with Gasteiger partial charge in [0.1, 0.15) is 0 Å². The minimum absolute atomic E-state index is 0.110. The number of imidazole rings is 1. The summed E-state index contributed by atoms with van der Waals surface area (Å²) in [7, 11) is 2.18. The summed E-state index contributed by atoms with van der Waals surface area (Å²) in [6.45, 7) is 6.22. The first kappa shape index (κ1) is 17.6. The van der Waals surface area contributed by atoms with Crippen molar-refractivity contribution in [2.45, 2.75) is 25.9 Å². The number of likely N-dealkylation sites (N-methyl/N-ethyl adjacent to an activating group) is 1. The quantitative estimate of drug-likeness (QED) is 0.735. The van der Waals surface area contributed by atoms with E-state index in [9.17, 15) is 4.79 Å². The number of nitrogens with one attached hydrogen (secondary N) is 1. The van der Waals surface area contributed by atoms with Gasteiger partial charge in [-0.15, -0.1) is 0 Å². The zero-order chi connectivity index (χ0) is 19.1. The molecule has 1 saturated carbocycles. The highest BCUT2D eigenvalue weighted by molar-refractivity contribution is 5.70. The second-order valence-electron chi connectivity index (χ2n) is 8.19. The van der Waals surface area contributed by atoms with Crippen molar-refractivity contribution in [2.75, 3.05) is 33.2 Å². The van der Waals surface area contributed by atoms with Gasteiger partial charge in [0.15, 0.2) is 11.3 Å². The van der Waals surface area contributed by atoms with Crippen LogP contribution in [0.1, 0.15) is 18.4 Å². The van der Waals surface area contributed by atoms with Gasteiger partial charge in [-0.05, 0) is 31.4 Å². The van der Waals surface area contributed by atoms with E-state index in [1.165, 1.54) is 18.4 Å². The lowest BCUT2D eigenvalue weighted by atomic mass is 10.1. The van der Waals surface area contributed by atoms with Crippen molar-refractivity contribution in [1.29, 1.82) is 0 Å². The fourth-order valence-electron chi connectivity index (χ4n) is 3.83. The van der Waals surface area contributed by atoms with Crippen molar-refractivity contribution in [2.24, 2.45) is 5.92 Å². The minimum atomic E-state index is -0.110. The minimum Gasteiger partial charge on any atom is -0.304 e. The van der Waals surface area contributed by atoms with Crippen molar-refractivity contribution >= 4 is 11.3 Å². The van der Waals surface area contributed by atoms with Crippen molar-refractivity contribution < 1.29 is 0 Å². The number of hydrogen-bond donors (Lipinski definition) is 1. The molecule has 1 saturated heterocycles. The molecule has 146 valence electrons. The molecule has 7 nitrogen and oxygen atoms in total. The molecule has 2 aliphatic rings. The van der Waals surface area contributed by atoms with E-state index in [-0.39, 0.29) is 5.69 Å². The maximum Gasteiger partial charge on any atom is 0.328 e. The zero-order valence-electron chi connectivity index (χ0n) is 16.3. The average Bonchev–Trinajstić information content (AvgIpc) is 3.48. The van der Waals surface area contributed by atoms with Crippen molar-refractivity contribution in [3.63, 3.8) is 0 Å². The third-order valence-corrected chi connectivity index (χ3v) is 5.87. The maximum atomic E-state index is 12.2. The molecule has 2 aromatic heterocycles. The molecule has 0 radical (unpaired) electrons. The smallest absolute Gasteiger partial charge is 0.304 e. The zero-order valence-corrected chi connectivity index (χ0v) is 16.3. The Labute approximate surface area is 164 Å². The number of piperazine rings is 1. The molecule has 3 aromatic rings. The van der Waals surface area contributed by atoms with Crippen LogP contribution in [0.15, 0.2) is 35.3 Å². The molecule has 7 heteroatoms. The Bertz CT molecular complexity index is 1030. The molecule has 1 N–H and O–H groups in total. The topological polar surface area (TPSA) is 70.0 Å². The maximum absolute atomic E-state index is 12.2. The highest BCUT2D eigenvalue weighted by Crippen LogP contribution is 2.31. The van der Waals surface area contributed by atoms with Gasteiger partial charge in [0.05, 0.1) is 11.9 Å². The SMILES string of the molecule is CN1CCN(Cc2ccc(-c3cnc4[nH]c(=O)n(CC5CC5)c4n3)cc2)CC1. The van der Waals surface area contributed by atoms with Crippen LogP contribution < -0.4 is 5.69 Å². The number of fused-ring (bicyclic) bond motifs is 1. The second-order valence-corrected chi connectivity index (χ2v) is 8.19. The van der Waals surface area contributed by atoms with Crippen LogP contribution in [0.3, 0.4) is 0 Å². The number of rotatable bonds is 5. The van der Waals surface area contributed by atoms with Gasteiger partial charge in [0.2, 0.25) is 0 Å². The van der Waals surface area contributed by atoms with Crippen LogP contribution in [-0.4, -0.2) is 62.5 Å². The molecule has 2 fully saturated rings. The van der Waals surface area contributed by atoms with Gasteiger partial charge in [0.25, 0.3) is 0 Å². The van der Waals surface area contributed by atoms with Gasteiger partial charge in [-0.2, -0.15) is 0 Å². The second kappa shape index (κ2) is 7.14. The lowest BCUT2D eigenvalue weighted by Gasteiger charge is -2.32. The van der Waals surface area contributed by atoms with Crippen LogP contribution in [0.4, 0.5) is 0 Å². The van der Waals surface area contributed by atoms with E-state index < -0.39 is 0 Å². The van der Waals surface area contributed by atoms with E-state index >= 15 is 0 Å². The number of nitrogens with zero attached hydrogens (tertiary/aromatic N) is 5. The van der Waals surface area contributed by atoms with Gasteiger partial charge < -0.3 is 4.90 Å². The Morgan fingerprint density at radius 1 is 1.11 bits per heavy atom. The predicted octanol–water partition coefficient (Wildman–Crippen LogP) is 1.94. The first-order chi connectivity index (χ1) is 13.7. The molecule has 28 heavy (non-hydrogen) atoms. The summed E-state index contributed by atoms with van der Waals surface area (Å²) < 4.78 is 1.74. The molecule has 0 bridgehead atoms. The van der Waals surface area contributed by atoms with Crippen molar-refractivity contribution in [1.82, 2.24) is 29.3 Å². The van der Waals surface area contributed by atoms with Crippen molar-refractivity contribution in [3.05, 3.63) is 46.5 Å². The monoisotopic (exact) mass is 378 g/mol. The Kier molecular flexibility index (Phi) is 4.49. The standard InChI is InChI=1S/C21H26N6O/c1-25-8-10-26(11-9-25)13-15-4-6-17(7-5-15)18-12-22-19-20(23-18)27(21(28)24-19)14-16-2-3-16/h4-7,12,16H,2-3,8-11,13-14H2,1H3,(H,22,24,28). The number of benzene rings is 1. The lowest BCUT2D eigenvalue weighted by molar-refractivity contribution is 0.148. The normalized spacial score (nSPS) is 18.8. The molecular formula is C21H26N6O. The van der Waals surface area contributed by atoms with E-state index in [1.54, 1.807) is 10.8 Å². The molecule has 1 aliphatic heterocycles. The summed E-state index contributed by atoms with van der Waals surface area (Å²) in [5, 5.41) is 0. The summed E-state index contributed by atoms with van der Waals surface area (Å²) >= 11 is 0. The van der Waals surface area contributed by atoms with Gasteiger partial charge >= 0.3 is 5.69 Å². The summed E-state index contributed by atoms with van der Waals surface area (Å²) in [6, 6.07) is 8.57. The molecule has 1 aliphatic carbocycles. The number of aromatic amines is 1. The lowest BCUT2D eigenvalue weighted by Crippen LogP contribution is -2.43. The van der Waals surface area contributed by atoms with Crippen LogP contribution in [0.5, 0.6) is 0 Å². The summed E-state index contributed by atoms with van der Waals surface area (Å²) in [5.74, 6) is 0.607. The van der Waals surface area contributed by atoms with E-state index in [2.05, 4.69) is 51.1 Å². The third kappa shape index (κ3) is 3.59. The largest absolute Gasteiger partial charge is 0.328 e. The van der Waals surface area contributed by atoms with Crippen LogP contribution in [0.25, 0.3) is 22.6 Å². The van der Waals surface area contributed by atoms with E-state index in [0.29, 0.717) is 17.2 Å². The molecule has 0 spiro atoms. The average molecular weight is 378 g/mol. The summed E-state index contributed by atoms with van der Waals surface area (Å²) in [5.41, 5.74) is 4.28. The summed E-state index contributed by atoms with van der Waals surface area (Å²) in [4.78, 5) is 29.1. The van der Waals surface area contributed by atoms with Crippen LogP contribution in [0.2, 0.25) is 0 Å². The number of aromatic nitrogens is 4. The van der Waals surface area contributed by atoms with Gasteiger partial charge in [-0.25, -0.2) is 14.8 Å². The third-order valence-electron chi connectivity index (χ3n) is 5.87. The molecule has 0 atom stereocenters. The molecule has 0 amide bonds. The van der Waals surface area contributed by atoms with Crippen molar-refractivity contribution in [3.8, 4) is 11.3 Å². The molecule has 1 aromatic carbocycles. The van der Waals surface area contributed by atoms with E-state index in [4.69, 9.17) is 4.98 Å². The Morgan fingerprint density at radius 3 is 2.57 bits per heavy atom. The first-order valence-electron chi connectivity index (χ1n) is 10.1. The summed E-state index contributed by atoms with van der Waals surface area (Å²) in [6.07, 6.45) is 4.14. The Balaban J connectivity index is 1.36. The van der Waals surface area contributed by atoms with E-state index in [0.717, 1.165) is 50.5 Å². The van der Waals surface area contributed by atoms with Gasteiger partial charge in [-0.1, -0.05) is 24.3 Å².